The first-order valence-corrected chi connectivity index (χ1v) is 40.5. The summed E-state index contributed by atoms with van der Waals surface area (Å²) in [5, 5.41) is 9.78. The van der Waals surface area contributed by atoms with Crippen LogP contribution in [0.4, 0.5) is 0 Å². The molecule has 0 aromatic heterocycles. The van der Waals surface area contributed by atoms with Gasteiger partial charge in [0.25, 0.3) is 6.29 Å². The molecule has 2 unspecified atom stereocenters. The molecule has 0 heterocycles. The van der Waals surface area contributed by atoms with Gasteiger partial charge in [-0.15, -0.1) is 0 Å². The summed E-state index contributed by atoms with van der Waals surface area (Å²) in [6.07, 6.45) is 96.7. The van der Waals surface area contributed by atoms with Crippen LogP contribution in [0.15, 0.2) is 60.8 Å². The third-order valence-electron chi connectivity index (χ3n) is 18.3. The summed E-state index contributed by atoms with van der Waals surface area (Å²) in [6.45, 7) is 4.84. The van der Waals surface area contributed by atoms with Gasteiger partial charge in [0.15, 0.2) is 6.10 Å². The zero-order valence-corrected chi connectivity index (χ0v) is 62.4. The number of allylic oxidation sites excluding steroid dienone is 10. The van der Waals surface area contributed by atoms with E-state index >= 15 is 0 Å². The van der Waals surface area contributed by atoms with Crippen LogP contribution in [0.3, 0.4) is 0 Å². The predicted molar refractivity (Wildman–Crippen MR) is 401 cm³/mol. The molecule has 0 saturated carbocycles. The number of quaternary nitrogens is 1. The number of carboxylic acids is 1. The Morgan fingerprint density at radius 1 is 0.333 bits per heavy atom. The Hall–Kier alpha value is -3.01. The fourth-order valence-electron chi connectivity index (χ4n) is 12.2. The first-order valence-electron chi connectivity index (χ1n) is 40.5. The Morgan fingerprint density at radius 2 is 0.613 bits per heavy atom. The molecule has 93 heavy (non-hydrogen) atoms. The molecule has 0 aliphatic heterocycles. The van der Waals surface area contributed by atoms with Crippen molar-refractivity contribution in [2.75, 3.05) is 47.5 Å². The maximum Gasteiger partial charge on any atom is 0.361 e. The van der Waals surface area contributed by atoms with E-state index in [0.29, 0.717) is 17.4 Å². The Balaban J connectivity index is 3.97. The van der Waals surface area contributed by atoms with Crippen LogP contribution in [0.25, 0.3) is 0 Å². The molecule has 0 saturated heterocycles. The van der Waals surface area contributed by atoms with Gasteiger partial charge in [0.1, 0.15) is 13.2 Å². The van der Waals surface area contributed by atoms with Crippen LogP contribution in [-0.4, -0.2) is 87.4 Å². The van der Waals surface area contributed by atoms with Gasteiger partial charge in [0, 0.05) is 12.8 Å². The van der Waals surface area contributed by atoms with E-state index in [1.54, 1.807) is 0 Å². The van der Waals surface area contributed by atoms with Crippen molar-refractivity contribution in [2.45, 2.75) is 411 Å². The number of hydrogen-bond acceptors (Lipinski definition) is 7. The van der Waals surface area contributed by atoms with Gasteiger partial charge in [-0.1, -0.05) is 389 Å². The molecule has 0 bridgehead atoms. The molecule has 9 nitrogen and oxygen atoms in total. The molecule has 0 aliphatic carbocycles. The Kier molecular flexibility index (Phi) is 72.4. The van der Waals surface area contributed by atoms with Crippen molar-refractivity contribution in [3.8, 4) is 0 Å². The quantitative estimate of drug-likeness (QED) is 0.0211. The number of aliphatic carboxylic acids is 1. The number of ether oxygens (including phenoxy) is 4. The molecule has 0 aliphatic rings. The lowest BCUT2D eigenvalue weighted by Crippen LogP contribution is -2.40. The lowest BCUT2D eigenvalue weighted by atomic mass is 10.0. The summed E-state index contributed by atoms with van der Waals surface area (Å²) >= 11 is 0. The van der Waals surface area contributed by atoms with Crippen LogP contribution in [0, 0.1) is 0 Å². The van der Waals surface area contributed by atoms with Gasteiger partial charge in [-0.3, -0.25) is 9.59 Å². The number of rotatable bonds is 76. The molecular formula is C84H156NO8+. The van der Waals surface area contributed by atoms with Crippen LogP contribution in [0.1, 0.15) is 399 Å². The first kappa shape index (κ1) is 90.0. The highest BCUT2D eigenvalue weighted by molar-refractivity contribution is 5.71. The summed E-state index contributed by atoms with van der Waals surface area (Å²) < 4.78 is 23.1. The molecular weight excluding hydrogens is 1150 g/mol. The van der Waals surface area contributed by atoms with Crippen molar-refractivity contribution < 1.29 is 42.9 Å². The molecule has 0 fully saturated rings. The standard InChI is InChI=1S/C84H155NO8/c1-6-8-10-12-14-16-18-20-22-24-26-28-30-32-34-36-38-39-40-41-42-43-45-47-49-51-53-55-57-59-61-63-65-67-69-71-73-75-82(87)93-80(79-92-84(83(88)89)90-77-76-85(3,4)5)78-91-81(86)74-72-70-68-66-64-62-60-58-56-54-52-50-48-46-44-37-35-33-31-29-27-25-23-21-19-17-15-13-11-9-7-2/h8,10,14,16,20,22,26,28,32,34,80,84H,6-7,9,11-13,15,17-19,21,23-25,27,29-31,33,35-79H2,1-5H3/p+1/b10-8-,16-14-,22-20-,28-26-,34-32-. The summed E-state index contributed by atoms with van der Waals surface area (Å²) in [6, 6.07) is 0. The normalized spacial score (nSPS) is 12.9. The van der Waals surface area contributed by atoms with Crippen LogP contribution in [0.2, 0.25) is 0 Å². The monoisotopic (exact) mass is 1310 g/mol. The second kappa shape index (κ2) is 74.8. The van der Waals surface area contributed by atoms with Gasteiger partial charge in [-0.2, -0.15) is 0 Å². The Morgan fingerprint density at radius 3 is 0.914 bits per heavy atom. The molecule has 2 atom stereocenters. The van der Waals surface area contributed by atoms with E-state index in [2.05, 4.69) is 74.6 Å². The van der Waals surface area contributed by atoms with E-state index in [1.807, 2.05) is 21.1 Å². The lowest BCUT2D eigenvalue weighted by molar-refractivity contribution is -0.870. The maximum atomic E-state index is 13.0. The summed E-state index contributed by atoms with van der Waals surface area (Å²) in [7, 11) is 6.00. The number of likely N-dealkylation sites (N-methyl/N-ethyl adjacent to an activating group) is 1. The van der Waals surface area contributed by atoms with E-state index in [-0.39, 0.29) is 38.2 Å². The number of carbonyl (C=O) groups excluding carboxylic acids is 2. The maximum absolute atomic E-state index is 13.0. The van der Waals surface area contributed by atoms with E-state index in [4.69, 9.17) is 18.9 Å². The number of carboxylic acid groups (broad SMARTS) is 1. The van der Waals surface area contributed by atoms with E-state index in [9.17, 15) is 19.5 Å². The SMILES string of the molecule is CC/C=C\C/C=C\C/C=C\C/C=C\C/C=C\CCCCCCCCCCCCCCCCCCCCCCCC(=O)OC(COC(=O)CCCCCCCCCCCCCCCCCCCCCCCCCCCCCCCCC)COC(OCC[N+](C)(C)C)C(=O)O. The zero-order valence-electron chi connectivity index (χ0n) is 62.4. The van der Waals surface area contributed by atoms with E-state index in [0.717, 1.165) is 70.6 Å². The van der Waals surface area contributed by atoms with Gasteiger partial charge in [-0.05, 0) is 57.8 Å². The molecule has 0 radical (unpaired) electrons. The van der Waals surface area contributed by atoms with Gasteiger partial charge < -0.3 is 28.5 Å². The third kappa shape index (κ3) is 76.2. The average Bonchev–Trinajstić information content (AvgIpc) is 3.73. The molecule has 544 valence electrons. The minimum atomic E-state index is -1.51. The molecule has 0 rings (SSSR count). The topological polar surface area (TPSA) is 108 Å². The summed E-state index contributed by atoms with van der Waals surface area (Å²) in [5.74, 6) is -1.97. The molecule has 1 N–H and O–H groups in total. The van der Waals surface area contributed by atoms with E-state index in [1.165, 1.54) is 302 Å². The highest BCUT2D eigenvalue weighted by Crippen LogP contribution is 2.20. The van der Waals surface area contributed by atoms with Crippen molar-refractivity contribution in [2.24, 2.45) is 0 Å². The second-order valence-corrected chi connectivity index (χ2v) is 28.7. The molecule has 9 heteroatoms. The van der Waals surface area contributed by atoms with Crippen molar-refractivity contribution in [1.82, 2.24) is 0 Å². The van der Waals surface area contributed by atoms with Crippen LogP contribution < -0.4 is 0 Å². The molecule has 0 aromatic carbocycles. The summed E-state index contributed by atoms with van der Waals surface area (Å²) in [5.41, 5.74) is 0. The smallest absolute Gasteiger partial charge is 0.361 e. The number of hydrogen-bond donors (Lipinski definition) is 1. The number of unbranched alkanes of at least 4 members (excludes halogenated alkanes) is 51. The van der Waals surface area contributed by atoms with Gasteiger partial charge in [0.05, 0.1) is 34.4 Å². The van der Waals surface area contributed by atoms with Crippen LogP contribution >= 0.6 is 0 Å². The molecule has 0 aromatic rings. The number of carbonyl (C=O) groups is 3. The van der Waals surface area contributed by atoms with E-state index < -0.39 is 18.4 Å². The largest absolute Gasteiger partial charge is 0.477 e. The zero-order chi connectivity index (χ0) is 67.5. The van der Waals surface area contributed by atoms with Crippen molar-refractivity contribution >= 4 is 17.9 Å². The van der Waals surface area contributed by atoms with Crippen LogP contribution in [0.5, 0.6) is 0 Å². The highest BCUT2D eigenvalue weighted by atomic mass is 16.7. The van der Waals surface area contributed by atoms with Gasteiger partial charge >= 0.3 is 17.9 Å². The third-order valence-corrected chi connectivity index (χ3v) is 18.3. The van der Waals surface area contributed by atoms with Crippen LogP contribution in [-0.2, 0) is 33.3 Å². The number of esters is 2. The molecule has 0 amide bonds. The molecule has 0 spiro atoms. The Bertz CT molecular complexity index is 1710. The summed E-state index contributed by atoms with van der Waals surface area (Å²) in [4.78, 5) is 37.7. The van der Waals surface area contributed by atoms with Crippen molar-refractivity contribution in [3.63, 3.8) is 0 Å². The average molecular weight is 1310 g/mol. The van der Waals surface area contributed by atoms with Gasteiger partial charge in [-0.25, -0.2) is 4.79 Å². The Labute approximate surface area is 577 Å². The fraction of sp³-hybridized carbons (Fsp3) is 0.845. The van der Waals surface area contributed by atoms with Crippen molar-refractivity contribution in [1.29, 1.82) is 0 Å². The highest BCUT2D eigenvalue weighted by Gasteiger charge is 2.25. The fourth-order valence-corrected chi connectivity index (χ4v) is 12.2. The minimum Gasteiger partial charge on any atom is -0.477 e. The van der Waals surface area contributed by atoms with Gasteiger partial charge in [0.2, 0.25) is 0 Å². The number of nitrogens with zero attached hydrogens (tertiary/aromatic N) is 1. The lowest BCUT2D eigenvalue weighted by Gasteiger charge is -2.25. The predicted octanol–water partition coefficient (Wildman–Crippen LogP) is 25.8. The minimum absolute atomic E-state index is 0.176. The van der Waals surface area contributed by atoms with Crippen molar-refractivity contribution in [3.05, 3.63) is 60.8 Å². The second-order valence-electron chi connectivity index (χ2n) is 28.7. The first-order chi connectivity index (χ1) is 45.6.